The molecule has 15 heavy (non-hydrogen) atoms. The lowest BCUT2D eigenvalue weighted by Gasteiger charge is -2.23. The van der Waals surface area contributed by atoms with E-state index in [1.165, 1.54) is 0 Å². The van der Waals surface area contributed by atoms with E-state index in [1.54, 1.807) is 0 Å². The first-order chi connectivity index (χ1) is 6.25. The highest BCUT2D eigenvalue weighted by atomic mass is 35.5. The van der Waals surface area contributed by atoms with Crippen LogP contribution in [0.15, 0.2) is 0 Å². The van der Waals surface area contributed by atoms with Gasteiger partial charge in [0.2, 0.25) is 0 Å². The Morgan fingerprint density at radius 1 is 0.733 bits per heavy atom. The van der Waals surface area contributed by atoms with Crippen LogP contribution in [0, 0.1) is 0 Å². The lowest BCUT2D eigenvalue weighted by atomic mass is 10.2. The lowest BCUT2D eigenvalue weighted by molar-refractivity contribution is -0.294. The third-order valence-electron chi connectivity index (χ3n) is 1.99. The van der Waals surface area contributed by atoms with Crippen LogP contribution in [0.2, 0.25) is 0 Å². The Bertz CT molecular complexity index is 275. The summed E-state index contributed by atoms with van der Waals surface area (Å²) in [5.41, 5.74) is 0. The average Bonchev–Trinajstić information content (AvgIpc) is 2.28. The minimum atomic E-state index is -6.57. The Balaban J connectivity index is 3.23. The summed E-state index contributed by atoms with van der Waals surface area (Å²) in [6, 6.07) is 0. The maximum absolute atomic E-state index is 12.3. The van der Waals surface area contributed by atoms with Crippen molar-refractivity contribution in [2.45, 2.75) is 28.8 Å². The van der Waals surface area contributed by atoms with Crippen molar-refractivity contribution in [1.82, 2.24) is 0 Å². The molecule has 0 amide bonds. The zero-order chi connectivity index (χ0) is 12.5. The molecule has 0 atom stereocenters. The van der Waals surface area contributed by atoms with Gasteiger partial charge in [0, 0.05) is 0 Å². The molecule has 0 heterocycles. The third kappa shape index (κ3) is 1.02. The Morgan fingerprint density at radius 2 is 1.00 bits per heavy atom. The van der Waals surface area contributed by atoms with E-state index >= 15 is 0 Å². The minimum absolute atomic E-state index is 4.03. The van der Waals surface area contributed by atoms with Gasteiger partial charge in [-0.2, -0.15) is 39.5 Å². The largest absolute Gasteiger partial charge is 0.455 e. The molecule has 1 saturated carbocycles. The minimum Gasteiger partial charge on any atom is -0.197 e. The van der Waals surface area contributed by atoms with Gasteiger partial charge >= 0.3 is 23.9 Å². The fourth-order valence-corrected chi connectivity index (χ4v) is 1.27. The van der Waals surface area contributed by atoms with Crippen molar-refractivity contribution < 1.29 is 39.5 Å². The summed E-state index contributed by atoms with van der Waals surface area (Å²) in [6.45, 7) is 0. The molecule has 0 aromatic rings. The van der Waals surface area contributed by atoms with Gasteiger partial charge in [0.25, 0.3) is 4.87 Å². The second-order valence-corrected chi connectivity index (χ2v) is 3.45. The lowest BCUT2D eigenvalue weighted by Crippen LogP contribution is -2.50. The summed E-state index contributed by atoms with van der Waals surface area (Å²) in [5.74, 6) is -17.6. The topological polar surface area (TPSA) is 0 Å². The van der Waals surface area contributed by atoms with Crippen molar-refractivity contribution in [3.8, 4) is 0 Å². The predicted octanol–water partition coefficient (Wildman–Crippen LogP) is 3.45. The van der Waals surface area contributed by atoms with Gasteiger partial charge in [0.05, 0.1) is 0 Å². The van der Waals surface area contributed by atoms with Gasteiger partial charge in [-0.1, -0.05) is 11.6 Å². The molecule has 10 heteroatoms. The summed E-state index contributed by atoms with van der Waals surface area (Å²) >= 11 is 4.03. The van der Waals surface area contributed by atoms with E-state index in [4.69, 9.17) is 0 Å². The molecule has 0 saturated heterocycles. The number of hydrogen-bond acceptors (Lipinski definition) is 0. The second-order valence-electron chi connectivity index (χ2n) is 2.88. The van der Waals surface area contributed by atoms with Gasteiger partial charge in [0.1, 0.15) is 0 Å². The second kappa shape index (κ2) is 2.49. The third-order valence-corrected chi connectivity index (χ3v) is 2.70. The van der Waals surface area contributed by atoms with Crippen LogP contribution < -0.4 is 0 Å². The van der Waals surface area contributed by atoms with Crippen LogP contribution >= 0.6 is 11.6 Å². The first-order valence-corrected chi connectivity index (χ1v) is 3.52. The van der Waals surface area contributed by atoms with E-state index in [0.717, 1.165) is 0 Å². The van der Waals surface area contributed by atoms with Gasteiger partial charge in [-0.3, -0.25) is 0 Å². The van der Waals surface area contributed by atoms with Crippen LogP contribution in [-0.4, -0.2) is 28.8 Å². The van der Waals surface area contributed by atoms with Gasteiger partial charge in [-0.05, 0) is 0 Å². The highest BCUT2D eigenvalue weighted by Gasteiger charge is 3.07. The number of hydrogen-bond donors (Lipinski definition) is 0. The Hall–Kier alpha value is -0.340. The first kappa shape index (κ1) is 12.7. The molecule has 0 aliphatic heterocycles. The molecule has 0 nitrogen and oxygen atoms in total. The van der Waals surface area contributed by atoms with Crippen molar-refractivity contribution in [3.05, 3.63) is 0 Å². The smallest absolute Gasteiger partial charge is 0.197 e. The summed E-state index contributed by atoms with van der Waals surface area (Å²) < 4.78 is 108. The van der Waals surface area contributed by atoms with E-state index in [-0.39, 0.29) is 0 Å². The quantitative estimate of drug-likeness (QED) is 0.504. The first-order valence-electron chi connectivity index (χ1n) is 3.14. The van der Waals surface area contributed by atoms with Crippen LogP contribution in [0.4, 0.5) is 39.5 Å². The molecule has 0 N–H and O–H groups in total. The van der Waals surface area contributed by atoms with Crippen LogP contribution in [0.1, 0.15) is 0 Å². The molecule has 1 aliphatic rings. The van der Waals surface area contributed by atoms with Crippen LogP contribution in [0.5, 0.6) is 0 Å². The molecule has 1 aliphatic carbocycles. The van der Waals surface area contributed by atoms with E-state index in [2.05, 4.69) is 11.6 Å². The predicted molar refractivity (Wildman–Crippen MR) is 29.5 cm³/mol. The Kier molecular flexibility index (Phi) is 2.11. The summed E-state index contributed by atoms with van der Waals surface area (Å²) in [4.78, 5) is -5.23. The van der Waals surface area contributed by atoms with E-state index in [0.29, 0.717) is 0 Å². The molecule has 0 aromatic carbocycles. The van der Waals surface area contributed by atoms with E-state index < -0.39 is 28.8 Å². The van der Waals surface area contributed by atoms with E-state index in [9.17, 15) is 39.5 Å². The fraction of sp³-hybridized carbons (Fsp3) is 1.00. The maximum Gasteiger partial charge on any atom is 0.455 e. The zero-order valence-corrected chi connectivity index (χ0v) is 7.04. The SMILES string of the molecule is FC(F)(F)C(F)(F)C1(Cl)C(F)(F)C1(F)F. The monoisotopic (exact) mass is 266 g/mol. The molecule has 0 radical (unpaired) electrons. The van der Waals surface area contributed by atoms with Crippen LogP contribution in [0.3, 0.4) is 0 Å². The molecule has 1 fully saturated rings. The molecule has 0 bridgehead atoms. The highest BCUT2D eigenvalue weighted by molar-refractivity contribution is 6.29. The molecule has 0 aromatic heterocycles. The van der Waals surface area contributed by atoms with Crippen molar-refractivity contribution >= 4 is 11.6 Å². The Morgan fingerprint density at radius 3 is 1.07 bits per heavy atom. The van der Waals surface area contributed by atoms with Crippen molar-refractivity contribution in [2.24, 2.45) is 0 Å². The highest BCUT2D eigenvalue weighted by Crippen LogP contribution is 2.76. The number of alkyl halides is 10. The van der Waals surface area contributed by atoms with E-state index in [1.807, 2.05) is 0 Å². The molecule has 1 rings (SSSR count). The van der Waals surface area contributed by atoms with Crippen molar-refractivity contribution in [1.29, 1.82) is 0 Å². The van der Waals surface area contributed by atoms with Gasteiger partial charge in [-0.25, -0.2) is 0 Å². The van der Waals surface area contributed by atoms with Gasteiger partial charge in [-0.15, -0.1) is 0 Å². The molecule has 90 valence electrons. The summed E-state index contributed by atoms with van der Waals surface area (Å²) in [6.07, 6.45) is -6.57. The van der Waals surface area contributed by atoms with Crippen molar-refractivity contribution in [3.63, 3.8) is 0 Å². The molecular weight excluding hydrogens is 266 g/mol. The summed E-state index contributed by atoms with van der Waals surface area (Å²) in [5, 5.41) is 0. The van der Waals surface area contributed by atoms with Crippen molar-refractivity contribution in [2.75, 3.05) is 0 Å². The normalized spacial score (nSPS) is 27.6. The molecule has 0 unspecified atom stereocenters. The zero-order valence-electron chi connectivity index (χ0n) is 6.28. The fourth-order valence-electron chi connectivity index (χ4n) is 0.976. The molecule has 0 spiro atoms. The number of halogens is 10. The molecular formula is C5ClF9. The van der Waals surface area contributed by atoms with Crippen LogP contribution in [0.25, 0.3) is 0 Å². The van der Waals surface area contributed by atoms with Crippen LogP contribution in [-0.2, 0) is 0 Å². The van der Waals surface area contributed by atoms with Gasteiger partial charge < -0.3 is 0 Å². The summed E-state index contributed by atoms with van der Waals surface area (Å²) in [7, 11) is 0. The average molecular weight is 266 g/mol. The standard InChI is InChI=1S/C5ClF9/c6-1(2(7,8)3(1,9)10)4(11,12)5(13,14)15. The van der Waals surface area contributed by atoms with Gasteiger partial charge in [0.15, 0.2) is 0 Å². The number of rotatable bonds is 1. The Labute approximate surface area is 81.0 Å². The maximum atomic E-state index is 12.3.